The highest BCUT2D eigenvalue weighted by Crippen LogP contribution is 2.18. The number of imide groups is 1. The Kier molecular flexibility index (Phi) is 6.19. The summed E-state index contributed by atoms with van der Waals surface area (Å²) in [6.45, 7) is 1.36. The summed E-state index contributed by atoms with van der Waals surface area (Å²) in [5.41, 5.74) is 0.644. The van der Waals surface area contributed by atoms with Crippen molar-refractivity contribution in [3.63, 3.8) is 0 Å². The third-order valence-electron chi connectivity index (χ3n) is 2.62. The van der Waals surface area contributed by atoms with E-state index in [1.807, 2.05) is 5.32 Å². The summed E-state index contributed by atoms with van der Waals surface area (Å²) in [4.78, 5) is 34.2. The fourth-order valence-electron chi connectivity index (χ4n) is 1.55. The molecular weight excluding hydrogens is 278 g/mol. The Morgan fingerprint density at radius 2 is 1.86 bits per heavy atom. The van der Waals surface area contributed by atoms with Crippen LogP contribution < -0.4 is 10.1 Å². The molecule has 0 radical (unpaired) electrons. The number of carbonyl (C=O) groups excluding carboxylic acids is 3. The third kappa shape index (κ3) is 5.13. The summed E-state index contributed by atoms with van der Waals surface area (Å²) < 4.78 is 14.3. The SMILES string of the molecule is COC(=O)NC(=O)[C@H](C)OC(=O)Cc1ccccc1OC. The maximum atomic E-state index is 11.8. The molecule has 7 heteroatoms. The highest BCUT2D eigenvalue weighted by atomic mass is 16.6. The second kappa shape index (κ2) is 7.88. The quantitative estimate of drug-likeness (QED) is 0.817. The van der Waals surface area contributed by atoms with E-state index in [9.17, 15) is 14.4 Å². The molecule has 0 aliphatic carbocycles. The monoisotopic (exact) mass is 295 g/mol. The zero-order chi connectivity index (χ0) is 15.8. The van der Waals surface area contributed by atoms with Crippen LogP contribution in [-0.2, 0) is 25.5 Å². The van der Waals surface area contributed by atoms with Crippen LogP contribution in [0.2, 0.25) is 0 Å². The maximum absolute atomic E-state index is 11.8. The minimum Gasteiger partial charge on any atom is -0.496 e. The molecule has 0 bridgehead atoms. The smallest absolute Gasteiger partial charge is 0.413 e. The number of rotatable bonds is 5. The summed E-state index contributed by atoms with van der Waals surface area (Å²) >= 11 is 0. The van der Waals surface area contributed by atoms with E-state index in [0.29, 0.717) is 11.3 Å². The van der Waals surface area contributed by atoms with Crippen LogP contribution in [-0.4, -0.2) is 38.3 Å². The number of benzene rings is 1. The van der Waals surface area contributed by atoms with E-state index in [1.54, 1.807) is 24.3 Å². The summed E-state index contributed by atoms with van der Waals surface area (Å²) in [7, 11) is 2.62. The van der Waals surface area contributed by atoms with E-state index >= 15 is 0 Å². The number of methoxy groups -OCH3 is 2. The standard InChI is InChI=1S/C14H17NO6/c1-9(13(17)15-14(18)20-3)21-12(16)8-10-6-4-5-7-11(10)19-2/h4-7,9H,8H2,1-3H3,(H,15,17,18)/t9-/m0/s1. The fraction of sp³-hybridized carbons (Fsp3) is 0.357. The predicted molar refractivity (Wildman–Crippen MR) is 72.8 cm³/mol. The minimum atomic E-state index is -1.11. The van der Waals surface area contributed by atoms with Gasteiger partial charge in [0.15, 0.2) is 6.10 Å². The molecule has 7 nitrogen and oxygen atoms in total. The molecule has 1 aromatic rings. The molecule has 1 N–H and O–H groups in total. The van der Waals surface area contributed by atoms with Gasteiger partial charge in [-0.05, 0) is 13.0 Å². The molecule has 2 amide bonds. The van der Waals surface area contributed by atoms with E-state index in [1.165, 1.54) is 14.0 Å². The number of esters is 1. The Hall–Kier alpha value is -2.57. The van der Waals surface area contributed by atoms with Gasteiger partial charge in [0.1, 0.15) is 5.75 Å². The van der Waals surface area contributed by atoms with Gasteiger partial charge in [-0.3, -0.25) is 14.9 Å². The first kappa shape index (κ1) is 16.5. The van der Waals surface area contributed by atoms with E-state index in [4.69, 9.17) is 9.47 Å². The van der Waals surface area contributed by atoms with Crippen LogP contribution in [0.4, 0.5) is 4.79 Å². The number of nitrogens with one attached hydrogen (secondary N) is 1. The van der Waals surface area contributed by atoms with Crippen molar-refractivity contribution in [2.45, 2.75) is 19.4 Å². The molecule has 114 valence electrons. The average molecular weight is 295 g/mol. The first-order chi connectivity index (χ1) is 9.97. The Bertz CT molecular complexity index is 528. The van der Waals surface area contributed by atoms with Crippen molar-refractivity contribution in [2.24, 2.45) is 0 Å². The molecule has 0 fully saturated rings. The molecule has 0 unspecified atom stereocenters. The van der Waals surface area contributed by atoms with Gasteiger partial charge in [-0.2, -0.15) is 0 Å². The second-order valence-electron chi connectivity index (χ2n) is 4.10. The average Bonchev–Trinajstić information content (AvgIpc) is 2.47. The molecule has 0 spiro atoms. The predicted octanol–water partition coefficient (Wildman–Crippen LogP) is 1.05. The molecule has 0 heterocycles. The summed E-state index contributed by atoms with van der Waals surface area (Å²) in [6.07, 6.45) is -2.06. The molecule has 0 saturated heterocycles. The van der Waals surface area contributed by atoms with Gasteiger partial charge in [0.05, 0.1) is 20.6 Å². The van der Waals surface area contributed by atoms with Gasteiger partial charge in [0.25, 0.3) is 5.91 Å². The lowest BCUT2D eigenvalue weighted by molar-refractivity contribution is -0.153. The summed E-state index contributed by atoms with van der Waals surface area (Å²) in [5.74, 6) is -0.802. The highest BCUT2D eigenvalue weighted by molar-refractivity contribution is 5.95. The van der Waals surface area contributed by atoms with Crippen LogP contribution >= 0.6 is 0 Å². The first-order valence-corrected chi connectivity index (χ1v) is 6.18. The van der Waals surface area contributed by atoms with Crippen molar-refractivity contribution >= 4 is 18.0 Å². The van der Waals surface area contributed by atoms with Crippen LogP contribution in [0.25, 0.3) is 0 Å². The largest absolute Gasteiger partial charge is 0.496 e. The third-order valence-corrected chi connectivity index (χ3v) is 2.62. The Balaban J connectivity index is 2.57. The maximum Gasteiger partial charge on any atom is 0.413 e. The van der Waals surface area contributed by atoms with Crippen molar-refractivity contribution in [2.75, 3.05) is 14.2 Å². The van der Waals surface area contributed by atoms with Gasteiger partial charge >= 0.3 is 12.1 Å². The van der Waals surface area contributed by atoms with Crippen LogP contribution in [0.5, 0.6) is 5.75 Å². The highest BCUT2D eigenvalue weighted by Gasteiger charge is 2.20. The van der Waals surface area contributed by atoms with Gasteiger partial charge < -0.3 is 14.2 Å². The van der Waals surface area contributed by atoms with Gasteiger partial charge in [-0.25, -0.2) is 4.79 Å². The lowest BCUT2D eigenvalue weighted by Gasteiger charge is -2.13. The van der Waals surface area contributed by atoms with E-state index < -0.39 is 24.1 Å². The van der Waals surface area contributed by atoms with Crippen molar-refractivity contribution in [1.29, 1.82) is 0 Å². The fourth-order valence-corrected chi connectivity index (χ4v) is 1.55. The second-order valence-corrected chi connectivity index (χ2v) is 4.10. The van der Waals surface area contributed by atoms with E-state index in [2.05, 4.69) is 4.74 Å². The number of amides is 2. The summed E-state index contributed by atoms with van der Waals surface area (Å²) in [5, 5.41) is 1.92. The topological polar surface area (TPSA) is 90.9 Å². The number of para-hydroxylation sites is 1. The molecule has 0 aliphatic rings. The Morgan fingerprint density at radius 3 is 2.48 bits per heavy atom. The van der Waals surface area contributed by atoms with Crippen LogP contribution in [0.3, 0.4) is 0 Å². The van der Waals surface area contributed by atoms with Crippen molar-refractivity contribution < 1.29 is 28.6 Å². The molecular formula is C14H17NO6. The number of alkyl carbamates (subject to hydrolysis) is 1. The van der Waals surface area contributed by atoms with Gasteiger partial charge in [-0.15, -0.1) is 0 Å². The zero-order valence-electron chi connectivity index (χ0n) is 12.0. The molecule has 21 heavy (non-hydrogen) atoms. The van der Waals surface area contributed by atoms with Gasteiger partial charge in [-0.1, -0.05) is 18.2 Å². The normalized spacial score (nSPS) is 11.2. The summed E-state index contributed by atoms with van der Waals surface area (Å²) in [6, 6.07) is 6.98. The van der Waals surface area contributed by atoms with Crippen LogP contribution in [0.15, 0.2) is 24.3 Å². The van der Waals surface area contributed by atoms with E-state index in [-0.39, 0.29) is 6.42 Å². The van der Waals surface area contributed by atoms with Crippen molar-refractivity contribution in [3.8, 4) is 5.75 Å². The number of hydrogen-bond donors (Lipinski definition) is 1. The lowest BCUT2D eigenvalue weighted by atomic mass is 10.1. The van der Waals surface area contributed by atoms with Crippen molar-refractivity contribution in [3.05, 3.63) is 29.8 Å². The number of hydrogen-bond acceptors (Lipinski definition) is 6. The Labute approximate surface area is 122 Å². The van der Waals surface area contributed by atoms with Gasteiger partial charge in [0, 0.05) is 5.56 Å². The molecule has 1 atom stereocenters. The molecule has 1 aromatic carbocycles. The molecule has 1 rings (SSSR count). The van der Waals surface area contributed by atoms with Gasteiger partial charge in [0.2, 0.25) is 0 Å². The Morgan fingerprint density at radius 1 is 1.19 bits per heavy atom. The van der Waals surface area contributed by atoms with Crippen molar-refractivity contribution in [1.82, 2.24) is 5.32 Å². The number of ether oxygens (including phenoxy) is 3. The van der Waals surface area contributed by atoms with Crippen LogP contribution in [0.1, 0.15) is 12.5 Å². The van der Waals surface area contributed by atoms with Crippen LogP contribution in [0, 0.1) is 0 Å². The molecule has 0 saturated carbocycles. The molecule has 0 aromatic heterocycles. The molecule has 0 aliphatic heterocycles. The first-order valence-electron chi connectivity index (χ1n) is 6.18. The minimum absolute atomic E-state index is 0.0418. The lowest BCUT2D eigenvalue weighted by Crippen LogP contribution is -2.39. The van der Waals surface area contributed by atoms with E-state index in [0.717, 1.165) is 7.11 Å². The number of carbonyl (C=O) groups is 3. The zero-order valence-corrected chi connectivity index (χ0v) is 12.0.